The zero-order valence-corrected chi connectivity index (χ0v) is 25.2. The number of carboxylic acid groups (broad SMARTS) is 1. The van der Waals surface area contributed by atoms with Crippen LogP contribution in [0.2, 0.25) is 0 Å². The molecule has 0 radical (unpaired) electrons. The second kappa shape index (κ2) is 14.7. The van der Waals surface area contributed by atoms with E-state index in [2.05, 4.69) is 10.2 Å². The van der Waals surface area contributed by atoms with Gasteiger partial charge in [0.2, 0.25) is 0 Å². The first kappa shape index (κ1) is 33.7. The van der Waals surface area contributed by atoms with Crippen molar-refractivity contribution < 1.29 is 37.8 Å². The van der Waals surface area contributed by atoms with Crippen molar-refractivity contribution in [3.05, 3.63) is 107 Å². The fraction of sp³-hybridized carbons (Fsp3) is 0.382. The number of aliphatic carboxylic acids is 1. The molecule has 45 heavy (non-hydrogen) atoms. The van der Waals surface area contributed by atoms with Gasteiger partial charge in [-0.2, -0.15) is 13.2 Å². The molecule has 4 atom stereocenters. The molecule has 3 N–H and O–H groups in total. The van der Waals surface area contributed by atoms with Crippen LogP contribution in [0.3, 0.4) is 0 Å². The zero-order valence-electron chi connectivity index (χ0n) is 25.2. The van der Waals surface area contributed by atoms with Gasteiger partial charge in [0.05, 0.1) is 6.04 Å². The highest BCUT2D eigenvalue weighted by Crippen LogP contribution is 2.33. The third kappa shape index (κ3) is 8.70. The highest BCUT2D eigenvalue weighted by atomic mass is 19.4. The molecule has 0 saturated carbocycles. The number of aliphatic hydroxyl groups excluding tert-OH is 1. The van der Waals surface area contributed by atoms with Crippen molar-refractivity contribution in [1.29, 1.82) is 0 Å². The summed E-state index contributed by atoms with van der Waals surface area (Å²) >= 11 is 0. The van der Waals surface area contributed by atoms with Crippen LogP contribution in [-0.2, 0) is 9.59 Å². The second-order valence-electron chi connectivity index (χ2n) is 11.6. The summed E-state index contributed by atoms with van der Waals surface area (Å²) in [5.74, 6) is -2.03. The lowest BCUT2D eigenvalue weighted by Gasteiger charge is -2.26. The summed E-state index contributed by atoms with van der Waals surface area (Å²) in [6.45, 7) is 8.40. The molecule has 2 heterocycles. The quantitative estimate of drug-likeness (QED) is 0.328. The van der Waals surface area contributed by atoms with Gasteiger partial charge in [-0.1, -0.05) is 78.9 Å². The molecule has 0 aromatic heterocycles. The van der Waals surface area contributed by atoms with Crippen molar-refractivity contribution >= 4 is 17.8 Å². The van der Waals surface area contributed by atoms with Gasteiger partial charge < -0.3 is 25.3 Å². The molecule has 2 fully saturated rings. The molecule has 2 saturated heterocycles. The predicted molar refractivity (Wildman–Crippen MR) is 162 cm³/mol. The Balaban J connectivity index is 0.000000591. The van der Waals surface area contributed by atoms with Crippen molar-refractivity contribution in [2.75, 3.05) is 32.7 Å². The van der Waals surface area contributed by atoms with Gasteiger partial charge in [0.15, 0.2) is 6.10 Å². The average molecular weight is 626 g/mol. The Hall–Kier alpha value is -4.22. The number of carboxylic acids is 1. The Morgan fingerprint density at radius 1 is 0.822 bits per heavy atom. The summed E-state index contributed by atoms with van der Waals surface area (Å²) in [7, 11) is 0. The minimum absolute atomic E-state index is 0.158. The summed E-state index contributed by atoms with van der Waals surface area (Å²) in [5.41, 5.74) is 4.55. The number of rotatable bonds is 8. The number of nitrogens with one attached hydrogen (secondary N) is 1. The summed E-state index contributed by atoms with van der Waals surface area (Å²) in [4.78, 5) is 39.6. The molecule has 0 spiro atoms. The summed E-state index contributed by atoms with van der Waals surface area (Å²) in [6, 6.07) is 24.8. The van der Waals surface area contributed by atoms with Gasteiger partial charge in [0.25, 0.3) is 11.8 Å². The SMILES string of the molecule is Cc1cccc(C)c1C(=O)N1CC2CN(CC[C@H](NC(=O)C(O)c3ccccc3)c3ccccc3)CC2C1.O=C(O)C(F)(F)F. The molecule has 2 amide bonds. The van der Waals surface area contributed by atoms with Crippen LogP contribution < -0.4 is 5.32 Å². The van der Waals surface area contributed by atoms with Gasteiger partial charge >= 0.3 is 12.1 Å². The Morgan fingerprint density at radius 2 is 1.31 bits per heavy atom. The van der Waals surface area contributed by atoms with E-state index in [1.54, 1.807) is 12.1 Å². The standard InChI is InChI=1S/C32H37N3O3.C2HF3O2/c1-22-10-9-11-23(2)29(22)32(38)35-20-26-18-34(19-27(26)21-35)17-16-28(24-12-5-3-6-13-24)33-31(37)30(36)25-14-7-4-8-15-25;3-2(4,5)1(6)7/h3-15,26-28,30,36H,16-21H2,1-2H3,(H,33,37);(H,6,7)/t26?,27?,28-,30?;/m0./s1. The van der Waals surface area contributed by atoms with Crippen molar-refractivity contribution in [2.45, 2.75) is 38.6 Å². The van der Waals surface area contributed by atoms with Crippen molar-refractivity contribution in [3.63, 3.8) is 0 Å². The van der Waals surface area contributed by atoms with E-state index in [-0.39, 0.29) is 17.9 Å². The van der Waals surface area contributed by atoms with Gasteiger partial charge in [0.1, 0.15) is 0 Å². The van der Waals surface area contributed by atoms with E-state index in [0.717, 1.165) is 61.4 Å². The number of hydrogen-bond donors (Lipinski definition) is 3. The number of carbonyl (C=O) groups excluding carboxylic acids is 2. The Kier molecular flexibility index (Phi) is 11.0. The zero-order chi connectivity index (χ0) is 32.7. The average Bonchev–Trinajstić information content (AvgIpc) is 3.59. The van der Waals surface area contributed by atoms with Crippen LogP contribution in [0.4, 0.5) is 13.2 Å². The topological polar surface area (TPSA) is 110 Å². The molecule has 5 rings (SSSR count). The van der Waals surface area contributed by atoms with Gasteiger partial charge in [-0.3, -0.25) is 9.59 Å². The van der Waals surface area contributed by atoms with Gasteiger partial charge in [-0.15, -0.1) is 0 Å². The minimum atomic E-state index is -5.08. The lowest BCUT2D eigenvalue weighted by molar-refractivity contribution is -0.192. The largest absolute Gasteiger partial charge is 0.490 e. The highest BCUT2D eigenvalue weighted by Gasteiger charge is 2.42. The molecular weight excluding hydrogens is 587 g/mol. The van der Waals surface area contributed by atoms with Crippen LogP contribution in [0.15, 0.2) is 78.9 Å². The Morgan fingerprint density at radius 3 is 1.80 bits per heavy atom. The fourth-order valence-corrected chi connectivity index (χ4v) is 6.11. The first-order valence-electron chi connectivity index (χ1n) is 14.8. The van der Waals surface area contributed by atoms with Crippen molar-refractivity contribution in [1.82, 2.24) is 15.1 Å². The number of halogens is 3. The van der Waals surface area contributed by atoms with E-state index in [1.807, 2.05) is 85.5 Å². The van der Waals surface area contributed by atoms with Crippen molar-refractivity contribution in [3.8, 4) is 0 Å². The van der Waals surface area contributed by atoms with Crippen molar-refractivity contribution in [2.24, 2.45) is 11.8 Å². The van der Waals surface area contributed by atoms with Gasteiger partial charge in [-0.05, 0) is 54.4 Å². The first-order valence-corrected chi connectivity index (χ1v) is 14.8. The van der Waals surface area contributed by atoms with Crippen LogP contribution in [-0.4, -0.2) is 76.7 Å². The van der Waals surface area contributed by atoms with E-state index in [9.17, 15) is 27.9 Å². The van der Waals surface area contributed by atoms with Gasteiger partial charge in [0, 0.05) is 38.3 Å². The maximum atomic E-state index is 13.3. The Labute approximate surface area is 260 Å². The number of amides is 2. The fourth-order valence-electron chi connectivity index (χ4n) is 6.11. The van der Waals surface area contributed by atoms with Crippen LogP contribution in [0.25, 0.3) is 0 Å². The predicted octanol–water partition coefficient (Wildman–Crippen LogP) is 4.92. The maximum absolute atomic E-state index is 13.3. The number of alkyl halides is 3. The van der Waals surface area contributed by atoms with E-state index < -0.39 is 18.2 Å². The van der Waals surface area contributed by atoms with Crippen LogP contribution >= 0.6 is 0 Å². The number of fused-ring (bicyclic) bond motifs is 1. The van der Waals surface area contributed by atoms with E-state index in [4.69, 9.17) is 9.90 Å². The number of likely N-dealkylation sites (tertiary alicyclic amines) is 2. The third-order valence-corrected chi connectivity index (χ3v) is 8.40. The van der Waals surface area contributed by atoms with Crippen LogP contribution in [0.5, 0.6) is 0 Å². The third-order valence-electron chi connectivity index (χ3n) is 8.40. The highest BCUT2D eigenvalue weighted by molar-refractivity contribution is 5.97. The normalized spacial score (nSPS) is 19.2. The molecule has 3 unspecified atom stereocenters. The maximum Gasteiger partial charge on any atom is 0.490 e. The molecule has 11 heteroatoms. The lowest BCUT2D eigenvalue weighted by Crippen LogP contribution is -2.36. The number of nitrogens with zero attached hydrogens (tertiary/aromatic N) is 2. The number of benzene rings is 3. The van der Waals surface area contributed by atoms with E-state index in [1.165, 1.54) is 0 Å². The van der Waals surface area contributed by atoms with Crippen LogP contribution in [0.1, 0.15) is 51.2 Å². The number of carbonyl (C=O) groups is 3. The smallest absolute Gasteiger partial charge is 0.475 e. The van der Waals surface area contributed by atoms with E-state index >= 15 is 0 Å². The second-order valence-corrected chi connectivity index (χ2v) is 11.6. The van der Waals surface area contributed by atoms with Crippen LogP contribution in [0, 0.1) is 25.7 Å². The summed E-state index contributed by atoms with van der Waals surface area (Å²) < 4.78 is 31.7. The molecule has 0 bridgehead atoms. The molecule has 2 aliphatic rings. The molecule has 2 aliphatic heterocycles. The van der Waals surface area contributed by atoms with E-state index in [0.29, 0.717) is 17.4 Å². The summed E-state index contributed by atoms with van der Waals surface area (Å²) in [6.07, 6.45) is -5.53. The number of aliphatic hydroxyl groups is 1. The first-order chi connectivity index (χ1) is 21.3. The summed E-state index contributed by atoms with van der Waals surface area (Å²) in [5, 5.41) is 20.8. The number of aryl methyl sites for hydroxylation is 2. The van der Waals surface area contributed by atoms with Gasteiger partial charge in [-0.25, -0.2) is 4.79 Å². The minimum Gasteiger partial charge on any atom is -0.475 e. The lowest BCUT2D eigenvalue weighted by atomic mass is 10.0. The Bertz CT molecular complexity index is 1430. The molecule has 8 nitrogen and oxygen atoms in total. The molecular formula is C34H38F3N3O5. The molecule has 3 aromatic carbocycles. The molecule has 240 valence electrons. The monoisotopic (exact) mass is 625 g/mol. The molecule has 0 aliphatic carbocycles. The molecule has 3 aromatic rings. The number of hydrogen-bond acceptors (Lipinski definition) is 5.